The predicted octanol–water partition coefficient (Wildman–Crippen LogP) is 4.58. The third kappa shape index (κ3) is 3.02. The zero-order valence-corrected chi connectivity index (χ0v) is 13.5. The average molecular weight is 408 g/mol. The Balaban J connectivity index is 2.52. The molecule has 0 saturated heterocycles. The van der Waals surface area contributed by atoms with Crippen LogP contribution in [0.15, 0.2) is 39.3 Å². The van der Waals surface area contributed by atoms with Crippen molar-refractivity contribution in [3.05, 3.63) is 62.0 Å². The first kappa shape index (κ1) is 15.4. The molecule has 0 heterocycles. The predicted molar refractivity (Wildman–Crippen MR) is 78.8 cm³/mol. The smallest absolute Gasteiger partial charge is 0.141 e. The van der Waals surface area contributed by atoms with Crippen molar-refractivity contribution in [1.82, 2.24) is 0 Å². The standard InChI is InChI=1S/C14H10Br2F2O2/c1-20-13-6-12(18)10(16)5-9(13)14(19)8-3-2-7(15)4-11(8)17/h2-6,14,19H,1H3. The maximum Gasteiger partial charge on any atom is 0.141 e. The molecule has 6 heteroatoms. The Morgan fingerprint density at radius 2 is 1.75 bits per heavy atom. The third-order valence-corrected chi connectivity index (χ3v) is 3.93. The number of benzene rings is 2. The lowest BCUT2D eigenvalue weighted by Gasteiger charge is -2.16. The number of aliphatic hydroxyl groups excluding tert-OH is 1. The molecule has 2 nitrogen and oxygen atoms in total. The number of ether oxygens (including phenoxy) is 1. The summed E-state index contributed by atoms with van der Waals surface area (Å²) >= 11 is 6.18. The van der Waals surface area contributed by atoms with Gasteiger partial charge in [0.05, 0.1) is 11.6 Å². The van der Waals surface area contributed by atoms with E-state index in [4.69, 9.17) is 4.74 Å². The second-order valence-corrected chi connectivity index (χ2v) is 5.85. The molecule has 0 spiro atoms. The molecule has 20 heavy (non-hydrogen) atoms. The van der Waals surface area contributed by atoms with E-state index in [0.29, 0.717) is 4.47 Å². The van der Waals surface area contributed by atoms with E-state index in [2.05, 4.69) is 31.9 Å². The molecular formula is C14H10Br2F2O2. The first-order chi connectivity index (χ1) is 9.43. The van der Waals surface area contributed by atoms with Crippen molar-refractivity contribution in [2.24, 2.45) is 0 Å². The molecule has 0 saturated carbocycles. The van der Waals surface area contributed by atoms with E-state index in [0.717, 1.165) is 6.07 Å². The topological polar surface area (TPSA) is 29.5 Å². The van der Waals surface area contributed by atoms with Gasteiger partial charge in [0.2, 0.25) is 0 Å². The summed E-state index contributed by atoms with van der Waals surface area (Å²) in [7, 11) is 1.36. The van der Waals surface area contributed by atoms with Gasteiger partial charge < -0.3 is 9.84 Å². The van der Waals surface area contributed by atoms with Crippen LogP contribution in [0, 0.1) is 11.6 Å². The van der Waals surface area contributed by atoms with Crippen LogP contribution in [0.4, 0.5) is 8.78 Å². The van der Waals surface area contributed by atoms with Crippen molar-refractivity contribution in [2.45, 2.75) is 6.10 Å². The molecule has 2 aromatic carbocycles. The molecule has 0 bridgehead atoms. The monoisotopic (exact) mass is 406 g/mol. The van der Waals surface area contributed by atoms with Gasteiger partial charge >= 0.3 is 0 Å². The molecule has 0 aliphatic heterocycles. The lowest BCUT2D eigenvalue weighted by atomic mass is 10.00. The zero-order valence-electron chi connectivity index (χ0n) is 10.3. The minimum absolute atomic E-state index is 0.0880. The third-order valence-electron chi connectivity index (χ3n) is 2.82. The second kappa shape index (κ2) is 6.20. The number of methoxy groups -OCH3 is 1. The highest BCUT2D eigenvalue weighted by atomic mass is 79.9. The fourth-order valence-electron chi connectivity index (χ4n) is 1.83. The van der Waals surface area contributed by atoms with Crippen LogP contribution in [0.25, 0.3) is 0 Å². The largest absolute Gasteiger partial charge is 0.496 e. The Morgan fingerprint density at radius 3 is 2.35 bits per heavy atom. The minimum Gasteiger partial charge on any atom is -0.496 e. The van der Waals surface area contributed by atoms with Gasteiger partial charge in [-0.15, -0.1) is 0 Å². The van der Waals surface area contributed by atoms with E-state index in [1.807, 2.05) is 0 Å². The summed E-state index contributed by atoms with van der Waals surface area (Å²) in [6.07, 6.45) is -1.25. The first-order valence-corrected chi connectivity index (χ1v) is 7.18. The molecule has 0 aromatic heterocycles. The van der Waals surface area contributed by atoms with Gasteiger partial charge in [-0.2, -0.15) is 0 Å². The van der Waals surface area contributed by atoms with Crippen molar-refractivity contribution in [2.75, 3.05) is 7.11 Å². The molecular weight excluding hydrogens is 398 g/mol. The molecule has 0 aliphatic rings. The van der Waals surface area contributed by atoms with Crippen molar-refractivity contribution < 1.29 is 18.6 Å². The zero-order chi connectivity index (χ0) is 14.9. The van der Waals surface area contributed by atoms with E-state index in [9.17, 15) is 13.9 Å². The molecule has 0 amide bonds. The average Bonchev–Trinajstić information content (AvgIpc) is 2.40. The molecule has 2 rings (SSSR count). The van der Waals surface area contributed by atoms with E-state index in [1.165, 1.54) is 25.3 Å². The molecule has 1 atom stereocenters. The fourth-order valence-corrected chi connectivity index (χ4v) is 2.52. The molecule has 106 valence electrons. The summed E-state index contributed by atoms with van der Waals surface area (Å²) in [5.74, 6) is -0.927. The van der Waals surface area contributed by atoms with Gasteiger partial charge in [0.15, 0.2) is 0 Å². The van der Waals surface area contributed by atoms with Crippen LogP contribution in [0.5, 0.6) is 5.75 Å². The van der Waals surface area contributed by atoms with Crippen molar-refractivity contribution in [3.8, 4) is 5.75 Å². The van der Waals surface area contributed by atoms with Gasteiger partial charge in [-0.3, -0.25) is 0 Å². The van der Waals surface area contributed by atoms with E-state index >= 15 is 0 Å². The summed E-state index contributed by atoms with van der Waals surface area (Å²) in [6, 6.07) is 6.84. The van der Waals surface area contributed by atoms with Crippen LogP contribution in [0.2, 0.25) is 0 Å². The maximum atomic E-state index is 13.9. The highest BCUT2D eigenvalue weighted by Crippen LogP contribution is 2.35. The van der Waals surface area contributed by atoms with E-state index in [-0.39, 0.29) is 21.3 Å². The van der Waals surface area contributed by atoms with Crippen LogP contribution in [-0.4, -0.2) is 12.2 Å². The van der Waals surface area contributed by atoms with Crippen molar-refractivity contribution in [3.63, 3.8) is 0 Å². The Bertz CT molecular complexity index is 647. The SMILES string of the molecule is COc1cc(F)c(Br)cc1C(O)c1ccc(Br)cc1F. The summed E-state index contributed by atoms with van der Waals surface area (Å²) in [4.78, 5) is 0. The Labute approximate surface area is 131 Å². The number of hydrogen-bond donors (Lipinski definition) is 1. The highest BCUT2D eigenvalue weighted by Gasteiger charge is 2.21. The molecule has 1 N–H and O–H groups in total. The highest BCUT2D eigenvalue weighted by molar-refractivity contribution is 9.10. The van der Waals surface area contributed by atoms with E-state index in [1.54, 1.807) is 6.07 Å². The number of rotatable bonds is 3. The Kier molecular flexibility index (Phi) is 4.78. The van der Waals surface area contributed by atoms with Gasteiger partial charge in [0.25, 0.3) is 0 Å². The second-order valence-electron chi connectivity index (χ2n) is 4.08. The normalized spacial score (nSPS) is 12.3. The fraction of sp³-hybridized carbons (Fsp3) is 0.143. The van der Waals surface area contributed by atoms with Gasteiger partial charge in [-0.25, -0.2) is 8.78 Å². The molecule has 1 unspecified atom stereocenters. The number of aliphatic hydroxyl groups is 1. The van der Waals surface area contributed by atoms with Gasteiger partial charge in [-0.1, -0.05) is 22.0 Å². The molecule has 0 fully saturated rings. The van der Waals surface area contributed by atoms with Gasteiger partial charge in [0.1, 0.15) is 23.5 Å². The lowest BCUT2D eigenvalue weighted by Crippen LogP contribution is -2.05. The summed E-state index contributed by atoms with van der Waals surface area (Å²) in [6.45, 7) is 0. The first-order valence-electron chi connectivity index (χ1n) is 5.60. The van der Waals surface area contributed by atoms with Crippen LogP contribution < -0.4 is 4.74 Å². The summed E-state index contributed by atoms with van der Waals surface area (Å²) in [5, 5.41) is 10.3. The van der Waals surface area contributed by atoms with Gasteiger partial charge in [-0.05, 0) is 34.1 Å². The minimum atomic E-state index is -1.25. The van der Waals surface area contributed by atoms with E-state index < -0.39 is 17.7 Å². The number of hydrogen-bond acceptors (Lipinski definition) is 2. The van der Waals surface area contributed by atoms with Gasteiger partial charge in [0, 0.05) is 21.7 Å². The molecule has 0 radical (unpaired) electrons. The Morgan fingerprint density at radius 1 is 1.05 bits per heavy atom. The quantitative estimate of drug-likeness (QED) is 0.806. The summed E-state index contributed by atoms with van der Waals surface area (Å²) in [5.41, 5.74) is 0.368. The molecule has 2 aromatic rings. The lowest BCUT2D eigenvalue weighted by molar-refractivity contribution is 0.209. The Hall–Kier alpha value is -0.980. The number of halogens is 4. The van der Waals surface area contributed by atoms with Crippen LogP contribution in [0.1, 0.15) is 17.2 Å². The maximum absolute atomic E-state index is 13.9. The molecule has 0 aliphatic carbocycles. The van der Waals surface area contributed by atoms with Crippen LogP contribution in [-0.2, 0) is 0 Å². The van der Waals surface area contributed by atoms with Crippen LogP contribution in [0.3, 0.4) is 0 Å². The van der Waals surface area contributed by atoms with Crippen molar-refractivity contribution in [1.29, 1.82) is 0 Å². The van der Waals surface area contributed by atoms with Crippen molar-refractivity contribution >= 4 is 31.9 Å². The summed E-state index contributed by atoms with van der Waals surface area (Å²) < 4.78 is 33.1. The van der Waals surface area contributed by atoms with Crippen LogP contribution >= 0.6 is 31.9 Å².